The smallest absolute Gasteiger partial charge is 0.230 e. The molecule has 2 aromatic heterocycles. The Morgan fingerprint density at radius 2 is 1.96 bits per heavy atom. The van der Waals surface area contributed by atoms with E-state index in [0.29, 0.717) is 47.3 Å². The van der Waals surface area contributed by atoms with Crippen LogP contribution in [-0.4, -0.2) is 57.6 Å². The predicted molar refractivity (Wildman–Crippen MR) is 110 cm³/mol. The minimum atomic E-state index is -0.0895. The van der Waals surface area contributed by atoms with Crippen molar-refractivity contribution in [2.24, 2.45) is 0 Å². The number of aliphatic hydroxyl groups excluding tert-OH is 1. The number of aromatic nitrogens is 4. The molecule has 0 aliphatic carbocycles. The van der Waals surface area contributed by atoms with E-state index in [2.05, 4.69) is 42.7 Å². The number of anilines is 3. The Labute approximate surface area is 170 Å². The molecule has 0 saturated carbocycles. The normalized spacial score (nSPS) is 23.6. The molecule has 2 aliphatic heterocycles. The number of aliphatic hydroxyl groups is 1. The third-order valence-corrected chi connectivity index (χ3v) is 5.51. The van der Waals surface area contributed by atoms with Crippen LogP contribution in [0, 0.1) is 0 Å². The molecule has 0 radical (unpaired) electrons. The van der Waals surface area contributed by atoms with Crippen LogP contribution in [0.1, 0.15) is 37.8 Å². The number of halogens is 1. The Morgan fingerprint density at radius 3 is 2.61 bits per heavy atom. The van der Waals surface area contributed by atoms with Crippen LogP contribution in [-0.2, 0) is 6.61 Å². The second kappa shape index (κ2) is 8.93. The van der Waals surface area contributed by atoms with Crippen LogP contribution < -0.4 is 20.3 Å². The fourth-order valence-corrected chi connectivity index (χ4v) is 4.09. The van der Waals surface area contributed by atoms with Crippen LogP contribution in [0.5, 0.6) is 5.88 Å². The average Bonchev–Trinajstić information content (AvgIpc) is 3.14. The number of aromatic amines is 1. The molecular weight excluding hydrogens is 382 g/mol. The molecule has 2 aliphatic rings. The zero-order valence-electron chi connectivity index (χ0n) is 16.2. The molecule has 154 valence electrons. The minimum absolute atomic E-state index is 0. The Bertz CT molecular complexity index is 775. The monoisotopic (exact) mass is 409 g/mol. The van der Waals surface area contributed by atoms with Crippen molar-refractivity contribution in [1.82, 2.24) is 25.5 Å². The molecule has 0 spiro atoms. The minimum Gasteiger partial charge on any atom is -0.481 e. The van der Waals surface area contributed by atoms with Gasteiger partial charge in [0.25, 0.3) is 0 Å². The van der Waals surface area contributed by atoms with Gasteiger partial charge in [0, 0.05) is 37.3 Å². The van der Waals surface area contributed by atoms with Gasteiger partial charge in [-0.25, -0.2) is 0 Å². The molecule has 2 fully saturated rings. The highest BCUT2D eigenvalue weighted by atomic mass is 35.5. The molecule has 2 bridgehead atoms. The van der Waals surface area contributed by atoms with Crippen LogP contribution in [0.2, 0.25) is 0 Å². The molecule has 0 aromatic carbocycles. The van der Waals surface area contributed by atoms with Gasteiger partial charge in [-0.2, -0.15) is 15.1 Å². The highest BCUT2D eigenvalue weighted by Gasteiger charge is 2.34. The first kappa shape index (κ1) is 20.6. The zero-order chi connectivity index (χ0) is 18.8. The summed E-state index contributed by atoms with van der Waals surface area (Å²) >= 11 is 0. The Kier molecular flexibility index (Phi) is 6.58. The molecular formula is C18H28ClN7O2. The number of hydrogen-bond donors (Lipinski definition) is 4. The zero-order valence-corrected chi connectivity index (χ0v) is 17.0. The molecule has 3 atom stereocenters. The maximum absolute atomic E-state index is 9.17. The molecule has 4 rings (SSSR count). The van der Waals surface area contributed by atoms with Crippen molar-refractivity contribution in [3.05, 3.63) is 17.8 Å². The number of fused-ring (bicyclic) bond motifs is 2. The summed E-state index contributed by atoms with van der Waals surface area (Å²) in [5.74, 6) is 2.33. The van der Waals surface area contributed by atoms with Gasteiger partial charge in [0.1, 0.15) is 5.82 Å². The van der Waals surface area contributed by atoms with Gasteiger partial charge in [-0.3, -0.25) is 5.10 Å². The van der Waals surface area contributed by atoms with Crippen molar-refractivity contribution in [3.8, 4) is 5.88 Å². The number of piperidine rings is 2. The summed E-state index contributed by atoms with van der Waals surface area (Å²) in [6.07, 6.45) is 6.03. The van der Waals surface area contributed by atoms with Crippen LogP contribution in [0.15, 0.2) is 12.1 Å². The van der Waals surface area contributed by atoms with Gasteiger partial charge in [-0.15, -0.1) is 12.4 Å². The topological polar surface area (TPSA) is 111 Å². The number of rotatable bonds is 6. The SMILES string of the molecule is COc1cc(Nc2cc(CO)[nH]n2)nc(N(C)[C@@H]2C[C@H]3CCC[C@@H](C2)N3)n1.Cl. The number of H-pyrrole nitrogens is 1. The quantitative estimate of drug-likeness (QED) is 0.573. The predicted octanol–water partition coefficient (Wildman–Crippen LogP) is 1.98. The maximum atomic E-state index is 9.17. The van der Waals surface area contributed by atoms with E-state index in [1.807, 2.05) is 0 Å². The number of ether oxygens (including phenoxy) is 1. The van der Waals surface area contributed by atoms with E-state index >= 15 is 0 Å². The lowest BCUT2D eigenvalue weighted by atomic mass is 9.83. The number of nitrogens with zero attached hydrogens (tertiary/aromatic N) is 4. The van der Waals surface area contributed by atoms with E-state index in [-0.39, 0.29) is 19.0 Å². The molecule has 0 unspecified atom stereocenters. The van der Waals surface area contributed by atoms with Crippen molar-refractivity contribution in [2.75, 3.05) is 24.4 Å². The van der Waals surface area contributed by atoms with Gasteiger partial charge in [0.05, 0.1) is 19.4 Å². The molecule has 10 heteroatoms. The third-order valence-electron chi connectivity index (χ3n) is 5.51. The van der Waals surface area contributed by atoms with Crippen molar-refractivity contribution in [2.45, 2.75) is 56.8 Å². The first-order valence-electron chi connectivity index (χ1n) is 9.48. The van der Waals surface area contributed by atoms with E-state index < -0.39 is 0 Å². The lowest BCUT2D eigenvalue weighted by Gasteiger charge is -2.43. The second-order valence-electron chi connectivity index (χ2n) is 7.38. The van der Waals surface area contributed by atoms with Gasteiger partial charge < -0.3 is 25.4 Å². The van der Waals surface area contributed by atoms with Crippen molar-refractivity contribution >= 4 is 30.0 Å². The molecule has 4 heterocycles. The Balaban J connectivity index is 0.00000225. The van der Waals surface area contributed by atoms with Crippen LogP contribution in [0.25, 0.3) is 0 Å². The van der Waals surface area contributed by atoms with E-state index in [0.717, 1.165) is 12.8 Å². The first-order chi connectivity index (χ1) is 13.1. The summed E-state index contributed by atoms with van der Waals surface area (Å²) in [6.45, 7) is -0.0895. The average molecular weight is 410 g/mol. The van der Waals surface area contributed by atoms with E-state index in [1.54, 1.807) is 19.2 Å². The van der Waals surface area contributed by atoms with Crippen molar-refractivity contribution in [3.63, 3.8) is 0 Å². The molecule has 2 saturated heterocycles. The lowest BCUT2D eigenvalue weighted by molar-refractivity contribution is 0.218. The van der Waals surface area contributed by atoms with Crippen LogP contribution in [0.3, 0.4) is 0 Å². The maximum Gasteiger partial charge on any atom is 0.230 e. The van der Waals surface area contributed by atoms with Gasteiger partial charge >= 0.3 is 0 Å². The van der Waals surface area contributed by atoms with Crippen molar-refractivity contribution in [1.29, 1.82) is 0 Å². The van der Waals surface area contributed by atoms with Crippen molar-refractivity contribution < 1.29 is 9.84 Å². The van der Waals surface area contributed by atoms with E-state index in [1.165, 1.54) is 19.3 Å². The first-order valence-corrected chi connectivity index (χ1v) is 9.48. The van der Waals surface area contributed by atoms with Gasteiger partial charge in [0.15, 0.2) is 5.82 Å². The molecule has 4 N–H and O–H groups in total. The van der Waals surface area contributed by atoms with Gasteiger partial charge in [0.2, 0.25) is 11.8 Å². The standard InChI is InChI=1S/C18H27N7O2.ClH/c1-25(14-6-11-4-3-5-12(7-14)19-11)18-21-15(9-17(22-18)27-2)20-16-8-13(10-26)23-24-16;/h8-9,11-12,14,19,26H,3-7,10H2,1-2H3,(H2,20,21,22,23,24);1H/t11-,12+,14-;. The largest absolute Gasteiger partial charge is 0.481 e. The van der Waals surface area contributed by atoms with Gasteiger partial charge in [-0.1, -0.05) is 6.42 Å². The summed E-state index contributed by atoms with van der Waals surface area (Å²) in [7, 11) is 3.66. The molecule has 2 aromatic rings. The summed E-state index contributed by atoms with van der Waals surface area (Å²) < 4.78 is 5.37. The van der Waals surface area contributed by atoms with Gasteiger partial charge in [-0.05, 0) is 25.7 Å². The molecule has 28 heavy (non-hydrogen) atoms. The van der Waals surface area contributed by atoms with E-state index in [9.17, 15) is 5.11 Å². The third kappa shape index (κ3) is 4.48. The summed E-state index contributed by atoms with van der Waals surface area (Å²) in [6, 6.07) is 5.07. The Hall–Kier alpha value is -2.10. The molecule has 0 amide bonds. The van der Waals surface area contributed by atoms with E-state index in [4.69, 9.17) is 4.74 Å². The summed E-state index contributed by atoms with van der Waals surface area (Å²) in [5.41, 5.74) is 0.636. The summed E-state index contributed by atoms with van der Waals surface area (Å²) in [4.78, 5) is 11.4. The lowest BCUT2D eigenvalue weighted by Crippen LogP contribution is -2.54. The van der Waals surface area contributed by atoms with Crippen LogP contribution >= 0.6 is 12.4 Å². The second-order valence-corrected chi connectivity index (χ2v) is 7.38. The number of methoxy groups -OCH3 is 1. The van der Waals surface area contributed by atoms with Crippen LogP contribution in [0.4, 0.5) is 17.6 Å². The number of hydrogen-bond acceptors (Lipinski definition) is 8. The molecule has 9 nitrogen and oxygen atoms in total. The fraction of sp³-hybridized carbons (Fsp3) is 0.611. The summed E-state index contributed by atoms with van der Waals surface area (Å²) in [5, 5.41) is 22.9. The fourth-order valence-electron chi connectivity index (χ4n) is 4.09. The highest BCUT2D eigenvalue weighted by Crippen LogP contribution is 2.30. The number of nitrogens with one attached hydrogen (secondary N) is 3. The Morgan fingerprint density at radius 1 is 1.21 bits per heavy atom. The highest BCUT2D eigenvalue weighted by molar-refractivity contribution is 5.85.